The van der Waals surface area contributed by atoms with Gasteiger partial charge >= 0.3 is 5.97 Å². The lowest BCUT2D eigenvalue weighted by atomic mass is 9.84. The van der Waals surface area contributed by atoms with Crippen LogP contribution >= 0.6 is 12.4 Å². The van der Waals surface area contributed by atoms with Crippen LogP contribution in [0.2, 0.25) is 0 Å². The number of aliphatic hydroxyl groups is 1. The fraction of sp³-hybridized carbons (Fsp3) is 0.400. The highest BCUT2D eigenvalue weighted by Crippen LogP contribution is 2.24. The quantitative estimate of drug-likeness (QED) is 0.676. The third-order valence-electron chi connectivity index (χ3n) is 2.20. The summed E-state index contributed by atoms with van der Waals surface area (Å²) in [5.74, 6) is -1.49. The maximum atomic E-state index is 11.5. The van der Waals surface area contributed by atoms with Gasteiger partial charge in [0.25, 0.3) is 0 Å². The topological polar surface area (TPSA) is 96.3 Å². The first-order valence-corrected chi connectivity index (χ1v) is 4.46. The molecule has 0 heterocycles. The number of allylic oxidation sites excluding steroid dienone is 2. The van der Waals surface area contributed by atoms with Gasteiger partial charge in [0.2, 0.25) is 0 Å². The van der Waals surface area contributed by atoms with Gasteiger partial charge in [0.1, 0.15) is 17.6 Å². The molecule has 0 saturated heterocycles. The summed E-state index contributed by atoms with van der Waals surface area (Å²) in [7, 11) is 0. The first kappa shape index (κ1) is 14.6. The zero-order valence-corrected chi connectivity index (χ0v) is 9.31. The number of ether oxygens (including phenoxy) is 1. The highest BCUT2D eigenvalue weighted by Gasteiger charge is 2.38. The fourth-order valence-electron chi connectivity index (χ4n) is 1.34. The molecule has 0 fully saturated rings. The maximum absolute atomic E-state index is 11.5. The molecule has 0 spiro atoms. The van der Waals surface area contributed by atoms with Crippen LogP contribution in [0.1, 0.15) is 0 Å². The molecule has 1 aliphatic carbocycles. The Labute approximate surface area is 99.6 Å². The van der Waals surface area contributed by atoms with Crippen molar-refractivity contribution in [3.8, 4) is 6.07 Å². The van der Waals surface area contributed by atoms with Crippen molar-refractivity contribution in [1.29, 1.82) is 5.26 Å². The Morgan fingerprint density at radius 3 is 2.88 bits per heavy atom. The van der Waals surface area contributed by atoms with Crippen LogP contribution in [0.5, 0.6) is 0 Å². The molecule has 0 amide bonds. The summed E-state index contributed by atoms with van der Waals surface area (Å²) < 4.78 is 4.63. The minimum atomic E-state index is -1.42. The van der Waals surface area contributed by atoms with Gasteiger partial charge < -0.3 is 15.6 Å². The second-order valence-electron chi connectivity index (χ2n) is 3.18. The van der Waals surface area contributed by atoms with Crippen LogP contribution in [0.15, 0.2) is 24.3 Å². The van der Waals surface area contributed by atoms with E-state index in [0.717, 1.165) is 0 Å². The average molecular weight is 245 g/mol. The maximum Gasteiger partial charge on any atom is 0.317 e. The van der Waals surface area contributed by atoms with Gasteiger partial charge in [0.05, 0.1) is 0 Å². The second-order valence-corrected chi connectivity index (χ2v) is 3.18. The molecule has 0 aromatic carbocycles. The number of hydrogen-bond donors (Lipinski definition) is 2. The van der Waals surface area contributed by atoms with E-state index in [1.807, 2.05) is 0 Å². The standard InChI is InChI=1S/C10H12N2O3.ClH/c11-5-6-15-9(13)8-3-1-2-4-10(8,14)7-12;/h1-4,8,14H,6-7,12H2;1H. The van der Waals surface area contributed by atoms with E-state index in [0.29, 0.717) is 0 Å². The van der Waals surface area contributed by atoms with E-state index >= 15 is 0 Å². The minimum absolute atomic E-state index is 0. The molecule has 2 unspecified atom stereocenters. The Bertz CT molecular complexity index is 348. The molecule has 0 aromatic heterocycles. The predicted octanol–water partition coefficient (Wildman–Crippen LogP) is -0.0930. The molecule has 2 atom stereocenters. The van der Waals surface area contributed by atoms with Gasteiger partial charge in [-0.25, -0.2) is 0 Å². The Hall–Kier alpha value is -1.35. The Balaban J connectivity index is 0.00000225. The first-order chi connectivity index (χ1) is 7.14. The third kappa shape index (κ3) is 3.07. The van der Waals surface area contributed by atoms with Crippen LogP contribution in [0.4, 0.5) is 0 Å². The Morgan fingerprint density at radius 1 is 1.62 bits per heavy atom. The van der Waals surface area contributed by atoms with E-state index in [2.05, 4.69) is 4.74 Å². The van der Waals surface area contributed by atoms with Crippen LogP contribution < -0.4 is 5.73 Å². The normalized spacial score (nSPS) is 26.7. The molecule has 16 heavy (non-hydrogen) atoms. The van der Waals surface area contributed by atoms with E-state index in [1.165, 1.54) is 12.2 Å². The number of carbonyl (C=O) groups excluding carboxylic acids is 1. The van der Waals surface area contributed by atoms with Gasteiger partial charge in [0, 0.05) is 6.54 Å². The van der Waals surface area contributed by atoms with Gasteiger partial charge in [-0.3, -0.25) is 4.79 Å². The summed E-state index contributed by atoms with van der Waals surface area (Å²) >= 11 is 0. The zero-order valence-electron chi connectivity index (χ0n) is 8.50. The molecule has 0 saturated carbocycles. The van der Waals surface area contributed by atoms with E-state index in [4.69, 9.17) is 11.0 Å². The largest absolute Gasteiger partial charge is 0.450 e. The molecule has 1 rings (SSSR count). The van der Waals surface area contributed by atoms with Gasteiger partial charge in [0.15, 0.2) is 6.61 Å². The lowest BCUT2D eigenvalue weighted by Crippen LogP contribution is -2.47. The summed E-state index contributed by atoms with van der Waals surface area (Å²) in [6.45, 7) is -0.409. The van der Waals surface area contributed by atoms with Gasteiger partial charge in [-0.2, -0.15) is 5.26 Å². The Kier molecular flexibility index (Phi) is 5.75. The van der Waals surface area contributed by atoms with Crippen molar-refractivity contribution in [3.63, 3.8) is 0 Å². The molecule has 0 bridgehead atoms. The van der Waals surface area contributed by atoms with Crippen molar-refractivity contribution >= 4 is 18.4 Å². The number of rotatable bonds is 3. The average Bonchev–Trinajstić information content (AvgIpc) is 2.26. The van der Waals surface area contributed by atoms with Crippen molar-refractivity contribution in [2.45, 2.75) is 5.60 Å². The highest BCUT2D eigenvalue weighted by molar-refractivity contribution is 5.85. The number of hydrogen-bond acceptors (Lipinski definition) is 5. The SMILES string of the molecule is Cl.N#CCOC(=O)C1C=CC=CC1(O)CN. The molecule has 6 heteroatoms. The molecule has 1 aliphatic rings. The van der Waals surface area contributed by atoms with E-state index in [-0.39, 0.29) is 25.6 Å². The number of esters is 1. The van der Waals surface area contributed by atoms with Crippen LogP contribution in [0, 0.1) is 17.2 Å². The third-order valence-corrected chi connectivity index (χ3v) is 2.20. The molecule has 0 radical (unpaired) electrons. The zero-order chi connectivity index (χ0) is 11.3. The number of nitrogens with zero attached hydrogens (tertiary/aromatic N) is 1. The van der Waals surface area contributed by atoms with Crippen molar-refractivity contribution in [2.75, 3.05) is 13.2 Å². The lowest BCUT2D eigenvalue weighted by Gasteiger charge is -2.30. The van der Waals surface area contributed by atoms with E-state index in [1.54, 1.807) is 18.2 Å². The highest BCUT2D eigenvalue weighted by atomic mass is 35.5. The van der Waals surface area contributed by atoms with Crippen molar-refractivity contribution in [3.05, 3.63) is 24.3 Å². The van der Waals surface area contributed by atoms with Crippen LogP contribution in [-0.4, -0.2) is 29.8 Å². The summed E-state index contributed by atoms with van der Waals surface area (Å²) in [4.78, 5) is 11.5. The van der Waals surface area contributed by atoms with Gasteiger partial charge in [-0.15, -0.1) is 12.4 Å². The van der Waals surface area contributed by atoms with E-state index in [9.17, 15) is 9.90 Å². The summed E-state index contributed by atoms with van der Waals surface area (Å²) in [5.41, 5.74) is 3.97. The van der Waals surface area contributed by atoms with Crippen LogP contribution in [0.25, 0.3) is 0 Å². The molecule has 0 aromatic rings. The molecular weight excluding hydrogens is 232 g/mol. The second kappa shape index (κ2) is 6.28. The van der Waals surface area contributed by atoms with Crippen molar-refractivity contribution < 1.29 is 14.6 Å². The van der Waals surface area contributed by atoms with Gasteiger partial charge in [-0.05, 0) is 0 Å². The molecule has 3 N–H and O–H groups in total. The summed E-state index contributed by atoms with van der Waals surface area (Å²) in [5, 5.41) is 18.2. The number of nitriles is 1. The molecule has 88 valence electrons. The summed E-state index contributed by atoms with van der Waals surface area (Å²) in [6.07, 6.45) is 6.20. The minimum Gasteiger partial charge on any atom is -0.450 e. The fourth-order valence-corrected chi connectivity index (χ4v) is 1.34. The van der Waals surface area contributed by atoms with E-state index < -0.39 is 17.5 Å². The monoisotopic (exact) mass is 244 g/mol. The molecule has 0 aliphatic heterocycles. The lowest BCUT2D eigenvalue weighted by molar-refractivity contribution is -0.151. The van der Waals surface area contributed by atoms with Crippen molar-refractivity contribution in [1.82, 2.24) is 0 Å². The Morgan fingerprint density at radius 2 is 2.31 bits per heavy atom. The number of nitrogens with two attached hydrogens (primary N) is 1. The molecular formula is C10H13ClN2O3. The van der Waals surface area contributed by atoms with Crippen molar-refractivity contribution in [2.24, 2.45) is 11.7 Å². The van der Waals surface area contributed by atoms with Crippen LogP contribution in [0.3, 0.4) is 0 Å². The summed E-state index contributed by atoms with van der Waals surface area (Å²) in [6, 6.07) is 1.69. The number of carbonyl (C=O) groups is 1. The molecule has 5 nitrogen and oxygen atoms in total. The first-order valence-electron chi connectivity index (χ1n) is 4.46. The van der Waals surface area contributed by atoms with Gasteiger partial charge in [-0.1, -0.05) is 24.3 Å². The number of halogens is 1. The van der Waals surface area contributed by atoms with Crippen LogP contribution in [-0.2, 0) is 9.53 Å². The predicted molar refractivity (Wildman–Crippen MR) is 59.6 cm³/mol. The smallest absolute Gasteiger partial charge is 0.317 e.